The van der Waals surface area contributed by atoms with Gasteiger partial charge in [-0.2, -0.15) is 0 Å². The van der Waals surface area contributed by atoms with Gasteiger partial charge in [0.25, 0.3) is 6.43 Å². The predicted molar refractivity (Wildman–Crippen MR) is 47.3 cm³/mol. The molecular formula is C10H11F3O. The fourth-order valence-corrected chi connectivity index (χ4v) is 1.07. The zero-order chi connectivity index (χ0) is 10.6. The molecule has 0 heterocycles. The van der Waals surface area contributed by atoms with Crippen molar-refractivity contribution in [2.45, 2.75) is 19.8 Å². The Morgan fingerprint density at radius 1 is 1.36 bits per heavy atom. The molecule has 4 heteroatoms. The van der Waals surface area contributed by atoms with Crippen molar-refractivity contribution in [3.05, 3.63) is 29.6 Å². The van der Waals surface area contributed by atoms with Crippen LogP contribution in [0, 0.1) is 5.82 Å². The second-order valence-electron chi connectivity index (χ2n) is 2.81. The Morgan fingerprint density at radius 3 is 2.64 bits per heavy atom. The molecule has 1 aromatic rings. The first-order valence-corrected chi connectivity index (χ1v) is 4.33. The van der Waals surface area contributed by atoms with Crippen LogP contribution in [-0.4, -0.2) is 13.0 Å². The predicted octanol–water partition coefficient (Wildman–Crippen LogP) is 3.03. The third-order valence-electron chi connectivity index (χ3n) is 1.77. The van der Waals surface area contributed by atoms with Gasteiger partial charge in [0.05, 0.1) is 0 Å². The van der Waals surface area contributed by atoms with Gasteiger partial charge in [0.15, 0.2) is 0 Å². The Labute approximate surface area is 80.5 Å². The standard InChI is InChI=1S/C10H11F3O/c1-2-7-5-8(3-4-9(7)11)14-6-10(12)13/h3-5,10H,2,6H2,1H3. The first-order valence-electron chi connectivity index (χ1n) is 4.33. The molecule has 0 saturated carbocycles. The number of halogens is 3. The summed E-state index contributed by atoms with van der Waals surface area (Å²) in [7, 11) is 0. The minimum Gasteiger partial charge on any atom is -0.488 e. The van der Waals surface area contributed by atoms with E-state index in [1.54, 1.807) is 6.92 Å². The maximum atomic E-state index is 13.0. The van der Waals surface area contributed by atoms with Crippen molar-refractivity contribution < 1.29 is 17.9 Å². The van der Waals surface area contributed by atoms with E-state index in [4.69, 9.17) is 4.74 Å². The van der Waals surface area contributed by atoms with Crippen molar-refractivity contribution in [1.82, 2.24) is 0 Å². The lowest BCUT2D eigenvalue weighted by Gasteiger charge is -2.07. The Kier molecular flexibility index (Phi) is 3.80. The Balaban J connectivity index is 2.69. The molecule has 0 amide bonds. The van der Waals surface area contributed by atoms with Gasteiger partial charge in [0.1, 0.15) is 18.2 Å². The minimum absolute atomic E-state index is 0.281. The zero-order valence-electron chi connectivity index (χ0n) is 7.77. The van der Waals surface area contributed by atoms with E-state index in [-0.39, 0.29) is 11.6 Å². The number of hydrogen-bond acceptors (Lipinski definition) is 1. The van der Waals surface area contributed by atoms with Gasteiger partial charge in [-0.15, -0.1) is 0 Å². The summed E-state index contributed by atoms with van der Waals surface area (Å²) < 4.78 is 41.3. The fraction of sp³-hybridized carbons (Fsp3) is 0.400. The van der Waals surface area contributed by atoms with Gasteiger partial charge >= 0.3 is 0 Å². The number of hydrogen-bond donors (Lipinski definition) is 0. The van der Waals surface area contributed by atoms with Crippen molar-refractivity contribution >= 4 is 0 Å². The summed E-state index contributed by atoms with van der Waals surface area (Å²) in [6.45, 7) is 1.13. The van der Waals surface area contributed by atoms with Crippen LogP contribution in [0.25, 0.3) is 0 Å². The fourth-order valence-electron chi connectivity index (χ4n) is 1.07. The number of rotatable bonds is 4. The normalized spacial score (nSPS) is 10.6. The second-order valence-corrected chi connectivity index (χ2v) is 2.81. The van der Waals surface area contributed by atoms with E-state index in [1.165, 1.54) is 18.2 Å². The molecule has 0 N–H and O–H groups in total. The minimum atomic E-state index is -2.51. The van der Waals surface area contributed by atoms with Crippen molar-refractivity contribution in [2.75, 3.05) is 6.61 Å². The largest absolute Gasteiger partial charge is 0.488 e. The molecule has 0 aromatic heterocycles. The van der Waals surface area contributed by atoms with Gasteiger partial charge in [-0.1, -0.05) is 6.92 Å². The number of ether oxygens (including phenoxy) is 1. The topological polar surface area (TPSA) is 9.23 Å². The van der Waals surface area contributed by atoms with Crippen LogP contribution in [-0.2, 0) is 6.42 Å². The van der Waals surface area contributed by atoms with Gasteiger partial charge in [-0.25, -0.2) is 13.2 Å². The monoisotopic (exact) mass is 204 g/mol. The number of benzene rings is 1. The van der Waals surface area contributed by atoms with Gasteiger partial charge in [0, 0.05) is 0 Å². The smallest absolute Gasteiger partial charge is 0.272 e. The summed E-state index contributed by atoms with van der Waals surface area (Å²) in [5, 5.41) is 0. The highest BCUT2D eigenvalue weighted by Gasteiger charge is 2.05. The summed E-state index contributed by atoms with van der Waals surface area (Å²) in [6, 6.07) is 4.01. The van der Waals surface area contributed by atoms with Crippen LogP contribution in [0.4, 0.5) is 13.2 Å². The molecule has 14 heavy (non-hydrogen) atoms. The van der Waals surface area contributed by atoms with E-state index in [9.17, 15) is 13.2 Å². The molecule has 0 atom stereocenters. The van der Waals surface area contributed by atoms with Crippen molar-refractivity contribution in [3.8, 4) is 5.75 Å². The molecule has 0 aliphatic carbocycles. The van der Waals surface area contributed by atoms with Crippen LogP contribution in [0.15, 0.2) is 18.2 Å². The summed E-state index contributed by atoms with van der Waals surface area (Å²) in [5.41, 5.74) is 0.469. The highest BCUT2D eigenvalue weighted by atomic mass is 19.3. The van der Waals surface area contributed by atoms with Gasteiger partial charge in [0.2, 0.25) is 0 Å². The van der Waals surface area contributed by atoms with Crippen molar-refractivity contribution in [3.63, 3.8) is 0 Å². The molecule has 78 valence electrons. The molecular weight excluding hydrogens is 193 g/mol. The second kappa shape index (κ2) is 4.88. The number of aryl methyl sites for hydroxylation is 1. The Morgan fingerprint density at radius 2 is 2.07 bits per heavy atom. The van der Waals surface area contributed by atoms with E-state index in [2.05, 4.69) is 0 Å². The molecule has 0 saturated heterocycles. The van der Waals surface area contributed by atoms with Gasteiger partial charge < -0.3 is 4.74 Å². The number of alkyl halides is 2. The van der Waals surface area contributed by atoms with Crippen LogP contribution in [0.2, 0.25) is 0 Å². The van der Waals surface area contributed by atoms with Gasteiger partial charge in [-0.3, -0.25) is 0 Å². The van der Waals surface area contributed by atoms with E-state index in [1.807, 2.05) is 0 Å². The van der Waals surface area contributed by atoms with E-state index >= 15 is 0 Å². The zero-order valence-corrected chi connectivity index (χ0v) is 7.77. The van der Waals surface area contributed by atoms with E-state index in [0.29, 0.717) is 12.0 Å². The van der Waals surface area contributed by atoms with Crippen LogP contribution in [0.1, 0.15) is 12.5 Å². The van der Waals surface area contributed by atoms with Crippen LogP contribution in [0.5, 0.6) is 5.75 Å². The van der Waals surface area contributed by atoms with Crippen LogP contribution < -0.4 is 4.74 Å². The first kappa shape index (κ1) is 10.9. The molecule has 0 aliphatic rings. The van der Waals surface area contributed by atoms with Gasteiger partial charge in [-0.05, 0) is 30.2 Å². The molecule has 1 rings (SSSR count). The molecule has 0 spiro atoms. The van der Waals surface area contributed by atoms with E-state index in [0.717, 1.165) is 0 Å². The summed E-state index contributed by atoms with van der Waals surface area (Å²) in [6.07, 6.45) is -2.00. The van der Waals surface area contributed by atoms with Crippen LogP contribution >= 0.6 is 0 Å². The van der Waals surface area contributed by atoms with Crippen molar-refractivity contribution in [2.24, 2.45) is 0 Å². The highest BCUT2D eigenvalue weighted by molar-refractivity contribution is 5.29. The lowest BCUT2D eigenvalue weighted by molar-refractivity contribution is 0.0818. The maximum absolute atomic E-state index is 13.0. The van der Waals surface area contributed by atoms with Crippen LogP contribution in [0.3, 0.4) is 0 Å². The maximum Gasteiger partial charge on any atom is 0.272 e. The third kappa shape index (κ3) is 2.94. The molecule has 0 radical (unpaired) electrons. The Bertz CT molecular complexity index is 299. The Hall–Kier alpha value is -1.19. The average molecular weight is 204 g/mol. The molecule has 0 fully saturated rings. The lowest BCUT2D eigenvalue weighted by atomic mass is 10.1. The molecule has 0 bridgehead atoms. The molecule has 1 aromatic carbocycles. The molecule has 0 unspecified atom stereocenters. The average Bonchev–Trinajstić information content (AvgIpc) is 2.16. The summed E-state index contributed by atoms with van der Waals surface area (Å²) >= 11 is 0. The van der Waals surface area contributed by atoms with E-state index < -0.39 is 13.0 Å². The van der Waals surface area contributed by atoms with Crippen molar-refractivity contribution in [1.29, 1.82) is 0 Å². The highest BCUT2D eigenvalue weighted by Crippen LogP contribution is 2.17. The first-order chi connectivity index (χ1) is 6.63. The third-order valence-corrected chi connectivity index (χ3v) is 1.77. The lowest BCUT2D eigenvalue weighted by Crippen LogP contribution is -2.07. The molecule has 1 nitrogen and oxygen atoms in total. The SMILES string of the molecule is CCc1cc(OCC(F)F)ccc1F. The quantitative estimate of drug-likeness (QED) is 0.732. The molecule has 0 aliphatic heterocycles. The summed E-state index contributed by atoms with van der Waals surface area (Å²) in [4.78, 5) is 0. The summed E-state index contributed by atoms with van der Waals surface area (Å²) in [5.74, 6) is -0.0551.